The van der Waals surface area contributed by atoms with Crippen LogP contribution < -0.4 is 5.32 Å². The summed E-state index contributed by atoms with van der Waals surface area (Å²) >= 11 is 0.983. The van der Waals surface area contributed by atoms with Gasteiger partial charge in [-0.05, 0) is 30.9 Å². The number of thiophene rings is 1. The van der Waals surface area contributed by atoms with Crippen LogP contribution >= 0.6 is 11.3 Å². The van der Waals surface area contributed by atoms with Gasteiger partial charge in [-0.25, -0.2) is 4.79 Å². The third-order valence-corrected chi connectivity index (χ3v) is 4.86. The molecule has 2 rings (SSSR count). The van der Waals surface area contributed by atoms with Crippen molar-refractivity contribution in [2.75, 3.05) is 13.2 Å². The average molecular weight is 311 g/mol. The number of hydrogen-bond donors (Lipinski definition) is 2. The molecule has 1 aliphatic rings. The molecule has 1 aromatic rings. The standard InChI is InChI=1S/C15H21NO4S/c1-10-4-2-3-5-11(10)20-9-8-16-14(17)12-6-7-13(21-12)15(18)19/h6-7,10-11H,2-5,8-9H2,1H3,(H,16,17)(H,18,19). The normalized spacial score (nSPS) is 22.0. The maximum atomic E-state index is 11.8. The van der Waals surface area contributed by atoms with Gasteiger partial charge in [-0.2, -0.15) is 0 Å². The molecule has 1 heterocycles. The molecule has 1 aliphatic carbocycles. The highest BCUT2D eigenvalue weighted by atomic mass is 32.1. The summed E-state index contributed by atoms with van der Waals surface area (Å²) in [7, 11) is 0. The smallest absolute Gasteiger partial charge is 0.345 e. The number of ether oxygens (including phenoxy) is 1. The number of carbonyl (C=O) groups is 2. The van der Waals surface area contributed by atoms with E-state index in [0.717, 1.165) is 17.8 Å². The first-order chi connectivity index (χ1) is 10.1. The number of amides is 1. The van der Waals surface area contributed by atoms with E-state index in [1.54, 1.807) is 0 Å². The van der Waals surface area contributed by atoms with Crippen LogP contribution in [0.2, 0.25) is 0 Å². The highest BCUT2D eigenvalue weighted by Crippen LogP contribution is 2.26. The second-order valence-corrected chi connectivity index (χ2v) is 6.48. The molecular weight excluding hydrogens is 290 g/mol. The molecule has 21 heavy (non-hydrogen) atoms. The van der Waals surface area contributed by atoms with Gasteiger partial charge < -0.3 is 15.2 Å². The highest BCUT2D eigenvalue weighted by molar-refractivity contribution is 7.15. The zero-order chi connectivity index (χ0) is 15.2. The molecule has 0 spiro atoms. The van der Waals surface area contributed by atoms with Crippen molar-refractivity contribution in [1.82, 2.24) is 5.32 Å². The Hall–Kier alpha value is -1.40. The van der Waals surface area contributed by atoms with Crippen molar-refractivity contribution < 1.29 is 19.4 Å². The van der Waals surface area contributed by atoms with Crippen LogP contribution in [0.3, 0.4) is 0 Å². The highest BCUT2D eigenvalue weighted by Gasteiger charge is 2.21. The van der Waals surface area contributed by atoms with Crippen LogP contribution in [-0.2, 0) is 4.74 Å². The zero-order valence-electron chi connectivity index (χ0n) is 12.1. The molecule has 0 bridgehead atoms. The van der Waals surface area contributed by atoms with Crippen LogP contribution in [-0.4, -0.2) is 36.2 Å². The van der Waals surface area contributed by atoms with Gasteiger partial charge in [0, 0.05) is 6.54 Å². The Labute approximate surface area is 128 Å². The maximum absolute atomic E-state index is 11.8. The summed E-state index contributed by atoms with van der Waals surface area (Å²) in [4.78, 5) is 23.2. The van der Waals surface area contributed by atoms with Crippen molar-refractivity contribution >= 4 is 23.2 Å². The van der Waals surface area contributed by atoms with E-state index in [0.29, 0.717) is 30.1 Å². The number of carboxylic acids is 1. The third-order valence-electron chi connectivity index (χ3n) is 3.79. The maximum Gasteiger partial charge on any atom is 0.345 e. The summed E-state index contributed by atoms with van der Waals surface area (Å²) in [5, 5.41) is 11.6. The fraction of sp³-hybridized carbons (Fsp3) is 0.600. The molecule has 6 heteroatoms. The van der Waals surface area contributed by atoms with Gasteiger partial charge >= 0.3 is 5.97 Å². The van der Waals surface area contributed by atoms with Gasteiger partial charge in [0.1, 0.15) is 4.88 Å². The lowest BCUT2D eigenvalue weighted by molar-refractivity contribution is -0.00292. The van der Waals surface area contributed by atoms with E-state index in [4.69, 9.17) is 9.84 Å². The predicted molar refractivity (Wildman–Crippen MR) is 81.0 cm³/mol. The monoisotopic (exact) mass is 311 g/mol. The lowest BCUT2D eigenvalue weighted by atomic mass is 9.88. The summed E-state index contributed by atoms with van der Waals surface area (Å²) in [5.74, 6) is -0.661. The number of carbonyl (C=O) groups excluding carboxylic acids is 1. The summed E-state index contributed by atoms with van der Waals surface area (Å²) in [6.45, 7) is 3.15. The zero-order valence-corrected chi connectivity index (χ0v) is 12.9. The van der Waals surface area contributed by atoms with Crippen LogP contribution in [0.15, 0.2) is 12.1 Å². The van der Waals surface area contributed by atoms with Gasteiger partial charge in [0.25, 0.3) is 5.91 Å². The van der Waals surface area contributed by atoms with Crippen LogP contribution in [0, 0.1) is 5.92 Å². The fourth-order valence-corrected chi connectivity index (χ4v) is 3.33. The largest absolute Gasteiger partial charge is 0.477 e. The van der Waals surface area contributed by atoms with Crippen LogP contribution in [0.1, 0.15) is 52.0 Å². The van der Waals surface area contributed by atoms with E-state index in [2.05, 4.69) is 12.2 Å². The lowest BCUT2D eigenvalue weighted by Gasteiger charge is -2.28. The molecule has 0 aliphatic heterocycles. The second kappa shape index (κ2) is 7.56. The Kier molecular flexibility index (Phi) is 5.76. The van der Waals surface area contributed by atoms with Crippen molar-refractivity contribution in [3.63, 3.8) is 0 Å². The third kappa shape index (κ3) is 4.54. The predicted octanol–water partition coefficient (Wildman–Crippen LogP) is 2.77. The topological polar surface area (TPSA) is 75.6 Å². The van der Waals surface area contributed by atoms with E-state index in [1.807, 2.05) is 0 Å². The molecule has 2 N–H and O–H groups in total. The summed E-state index contributed by atoms with van der Waals surface area (Å²) in [6.07, 6.45) is 5.11. The fourth-order valence-electron chi connectivity index (χ4n) is 2.57. The number of nitrogens with one attached hydrogen (secondary N) is 1. The molecule has 0 saturated heterocycles. The minimum Gasteiger partial charge on any atom is -0.477 e. The molecule has 1 amide bonds. The molecule has 2 atom stereocenters. The van der Waals surface area contributed by atoms with Gasteiger partial charge in [-0.3, -0.25) is 4.79 Å². The first-order valence-corrected chi connectivity index (χ1v) is 8.12. The van der Waals surface area contributed by atoms with Gasteiger partial charge in [0.2, 0.25) is 0 Å². The number of hydrogen-bond acceptors (Lipinski definition) is 4. The van der Waals surface area contributed by atoms with Gasteiger partial charge in [-0.1, -0.05) is 19.8 Å². The van der Waals surface area contributed by atoms with Crippen molar-refractivity contribution in [2.45, 2.75) is 38.7 Å². The Morgan fingerprint density at radius 2 is 2.05 bits per heavy atom. The molecule has 1 fully saturated rings. The molecule has 0 radical (unpaired) electrons. The van der Waals surface area contributed by atoms with Crippen LogP contribution in [0.5, 0.6) is 0 Å². The van der Waals surface area contributed by atoms with Gasteiger partial charge in [-0.15, -0.1) is 11.3 Å². The first kappa shape index (κ1) is 16.0. The number of rotatable bonds is 6. The number of aromatic carboxylic acids is 1. The lowest BCUT2D eigenvalue weighted by Crippen LogP contribution is -2.31. The van der Waals surface area contributed by atoms with E-state index < -0.39 is 5.97 Å². The Morgan fingerprint density at radius 3 is 2.71 bits per heavy atom. The molecule has 5 nitrogen and oxygen atoms in total. The second-order valence-electron chi connectivity index (χ2n) is 5.40. The molecule has 2 unspecified atom stereocenters. The molecule has 1 saturated carbocycles. The Balaban J connectivity index is 1.70. The summed E-state index contributed by atoms with van der Waals surface area (Å²) in [6, 6.07) is 2.98. The van der Waals surface area contributed by atoms with Crippen molar-refractivity contribution in [3.05, 3.63) is 21.9 Å². The van der Waals surface area contributed by atoms with Gasteiger partial charge in [0.15, 0.2) is 0 Å². The van der Waals surface area contributed by atoms with Gasteiger partial charge in [0.05, 0.1) is 17.6 Å². The SMILES string of the molecule is CC1CCCCC1OCCNC(=O)c1ccc(C(=O)O)s1. The van der Waals surface area contributed by atoms with Crippen molar-refractivity contribution in [1.29, 1.82) is 0 Å². The minimum absolute atomic E-state index is 0.174. The summed E-state index contributed by atoms with van der Waals surface area (Å²) in [5.41, 5.74) is 0. The first-order valence-electron chi connectivity index (χ1n) is 7.31. The van der Waals surface area contributed by atoms with Crippen molar-refractivity contribution in [3.8, 4) is 0 Å². The van der Waals surface area contributed by atoms with E-state index in [-0.39, 0.29) is 10.8 Å². The Bertz CT molecular complexity index is 500. The van der Waals surface area contributed by atoms with E-state index in [9.17, 15) is 9.59 Å². The Morgan fingerprint density at radius 1 is 1.33 bits per heavy atom. The number of carboxylic acid groups (broad SMARTS) is 1. The van der Waals surface area contributed by atoms with E-state index >= 15 is 0 Å². The minimum atomic E-state index is -1.01. The van der Waals surface area contributed by atoms with Crippen LogP contribution in [0.25, 0.3) is 0 Å². The van der Waals surface area contributed by atoms with Crippen LogP contribution in [0.4, 0.5) is 0 Å². The molecule has 1 aromatic heterocycles. The molecule has 0 aromatic carbocycles. The quantitative estimate of drug-likeness (QED) is 0.792. The van der Waals surface area contributed by atoms with Crippen molar-refractivity contribution in [2.24, 2.45) is 5.92 Å². The average Bonchev–Trinajstić information content (AvgIpc) is 2.95. The van der Waals surface area contributed by atoms with E-state index in [1.165, 1.54) is 31.4 Å². The molecule has 116 valence electrons. The molecular formula is C15H21NO4S. The summed E-state index contributed by atoms with van der Waals surface area (Å²) < 4.78 is 5.82.